The quantitative estimate of drug-likeness (QED) is 0.799. The molecule has 3 heteroatoms. The highest BCUT2D eigenvalue weighted by atomic mass is 16.1. The van der Waals surface area contributed by atoms with Crippen molar-refractivity contribution in [3.05, 3.63) is 41.5 Å². The van der Waals surface area contributed by atoms with E-state index in [2.05, 4.69) is 11.4 Å². The van der Waals surface area contributed by atoms with Crippen LogP contribution in [0, 0.1) is 16.7 Å². The topological polar surface area (TPSA) is 52.9 Å². The third-order valence-electron chi connectivity index (χ3n) is 2.97. The van der Waals surface area contributed by atoms with Gasteiger partial charge in [0.15, 0.2) is 0 Å². The Morgan fingerprint density at radius 2 is 1.94 bits per heavy atom. The van der Waals surface area contributed by atoms with Crippen molar-refractivity contribution < 1.29 is 4.79 Å². The van der Waals surface area contributed by atoms with E-state index in [-0.39, 0.29) is 5.91 Å². The van der Waals surface area contributed by atoms with E-state index < -0.39 is 5.41 Å². The fraction of sp³-hybridized carbons (Fsp3) is 0.286. The number of carbonyl (C=O) groups excluding carboxylic acids is 1. The fourth-order valence-corrected chi connectivity index (χ4v) is 2.10. The van der Waals surface area contributed by atoms with Crippen LogP contribution in [0.1, 0.15) is 25.8 Å². The molecular weight excluding hydrogens is 212 g/mol. The highest BCUT2D eigenvalue weighted by Crippen LogP contribution is 2.37. The van der Waals surface area contributed by atoms with Crippen LogP contribution in [0.3, 0.4) is 0 Å². The molecule has 1 N–H and O–H groups in total. The predicted octanol–water partition coefficient (Wildman–Crippen LogP) is 2.47. The molecule has 2 rings (SSSR count). The Labute approximate surface area is 101 Å². The van der Waals surface area contributed by atoms with Gasteiger partial charge in [-0.25, -0.2) is 0 Å². The van der Waals surface area contributed by atoms with Crippen molar-refractivity contribution in [1.82, 2.24) is 5.32 Å². The van der Waals surface area contributed by atoms with E-state index in [1.54, 1.807) is 0 Å². The van der Waals surface area contributed by atoms with Gasteiger partial charge in [0, 0.05) is 11.8 Å². The van der Waals surface area contributed by atoms with Gasteiger partial charge in [0.2, 0.25) is 5.91 Å². The Kier molecular flexibility index (Phi) is 2.72. The first kappa shape index (κ1) is 11.4. The van der Waals surface area contributed by atoms with Crippen molar-refractivity contribution in [2.45, 2.75) is 20.3 Å². The van der Waals surface area contributed by atoms with E-state index in [4.69, 9.17) is 0 Å². The summed E-state index contributed by atoms with van der Waals surface area (Å²) in [6, 6.07) is 11.7. The van der Waals surface area contributed by atoms with E-state index in [0.717, 1.165) is 5.56 Å². The summed E-state index contributed by atoms with van der Waals surface area (Å²) in [7, 11) is 0. The smallest absolute Gasteiger partial charge is 0.225 e. The zero-order valence-corrected chi connectivity index (χ0v) is 9.95. The second-order valence-corrected chi connectivity index (χ2v) is 4.84. The molecule has 1 amide bonds. The van der Waals surface area contributed by atoms with Crippen LogP contribution in [0.5, 0.6) is 0 Å². The Morgan fingerprint density at radius 1 is 1.29 bits per heavy atom. The van der Waals surface area contributed by atoms with Gasteiger partial charge in [-0.05, 0) is 5.56 Å². The molecule has 17 heavy (non-hydrogen) atoms. The molecule has 1 aromatic carbocycles. The van der Waals surface area contributed by atoms with E-state index >= 15 is 0 Å². The third-order valence-corrected chi connectivity index (χ3v) is 2.97. The van der Waals surface area contributed by atoms with Crippen LogP contribution in [0.15, 0.2) is 35.9 Å². The van der Waals surface area contributed by atoms with Crippen molar-refractivity contribution in [2.75, 3.05) is 0 Å². The first-order valence-electron chi connectivity index (χ1n) is 5.55. The molecule has 1 aliphatic heterocycles. The number of allylic oxidation sites excluding steroid dienone is 1. The van der Waals surface area contributed by atoms with Crippen LogP contribution >= 0.6 is 0 Å². The van der Waals surface area contributed by atoms with Crippen LogP contribution in [0.2, 0.25) is 0 Å². The zero-order chi connectivity index (χ0) is 12.5. The maximum absolute atomic E-state index is 11.7. The van der Waals surface area contributed by atoms with Gasteiger partial charge in [-0.3, -0.25) is 4.79 Å². The second kappa shape index (κ2) is 4.06. The summed E-state index contributed by atoms with van der Waals surface area (Å²) in [5.41, 5.74) is 1.77. The Bertz CT molecular complexity index is 521. The van der Waals surface area contributed by atoms with Crippen LogP contribution in [-0.2, 0) is 4.79 Å². The molecule has 1 aliphatic rings. The highest BCUT2D eigenvalue weighted by Gasteiger charge is 2.34. The van der Waals surface area contributed by atoms with Gasteiger partial charge >= 0.3 is 0 Å². The molecule has 86 valence electrons. The van der Waals surface area contributed by atoms with Crippen LogP contribution < -0.4 is 5.32 Å². The van der Waals surface area contributed by atoms with E-state index in [9.17, 15) is 10.1 Å². The largest absolute Gasteiger partial charge is 0.325 e. The first-order valence-corrected chi connectivity index (χ1v) is 5.55. The molecular formula is C14H14N2O. The van der Waals surface area contributed by atoms with Crippen molar-refractivity contribution in [1.29, 1.82) is 5.26 Å². The SMILES string of the molecule is CC1(C)CC(=O)NC(c2ccccc2)=C1C#N. The molecule has 0 fully saturated rings. The number of hydrogen-bond donors (Lipinski definition) is 1. The van der Waals surface area contributed by atoms with Crippen LogP contribution in [-0.4, -0.2) is 5.91 Å². The van der Waals surface area contributed by atoms with Crippen molar-refractivity contribution in [3.63, 3.8) is 0 Å². The molecule has 3 nitrogen and oxygen atoms in total. The number of hydrogen-bond acceptors (Lipinski definition) is 2. The lowest BCUT2D eigenvalue weighted by molar-refractivity contribution is -0.121. The summed E-state index contributed by atoms with van der Waals surface area (Å²) in [5, 5.41) is 12.1. The molecule has 1 aromatic rings. The van der Waals surface area contributed by atoms with Crippen LogP contribution in [0.25, 0.3) is 5.70 Å². The van der Waals surface area contributed by atoms with Gasteiger partial charge in [-0.15, -0.1) is 0 Å². The number of carbonyl (C=O) groups is 1. The lowest BCUT2D eigenvalue weighted by atomic mass is 9.77. The summed E-state index contributed by atoms with van der Waals surface area (Å²) in [5.74, 6) is -0.0344. The maximum atomic E-state index is 11.7. The molecule has 0 radical (unpaired) electrons. The lowest BCUT2D eigenvalue weighted by Crippen LogP contribution is -2.36. The van der Waals surface area contributed by atoms with E-state index in [0.29, 0.717) is 17.7 Å². The van der Waals surface area contributed by atoms with Gasteiger partial charge in [0.1, 0.15) is 0 Å². The van der Waals surface area contributed by atoms with Gasteiger partial charge in [-0.1, -0.05) is 44.2 Å². The summed E-state index contributed by atoms with van der Waals surface area (Å²) in [4.78, 5) is 11.7. The standard InChI is InChI=1S/C14H14N2O/c1-14(2)8-12(17)16-13(11(14)9-15)10-6-4-3-5-7-10/h3-7H,8H2,1-2H3,(H,16,17). The number of rotatable bonds is 1. The molecule has 1 heterocycles. The van der Waals surface area contributed by atoms with E-state index in [1.165, 1.54) is 0 Å². The minimum absolute atomic E-state index is 0.0344. The molecule has 0 saturated heterocycles. The fourth-order valence-electron chi connectivity index (χ4n) is 2.10. The molecule has 0 spiro atoms. The molecule has 0 aromatic heterocycles. The van der Waals surface area contributed by atoms with Gasteiger partial charge in [0.05, 0.1) is 17.3 Å². The summed E-state index contributed by atoms with van der Waals surface area (Å²) in [6.07, 6.45) is 0.353. The first-order chi connectivity index (χ1) is 8.04. The third kappa shape index (κ3) is 2.07. The molecule has 0 saturated carbocycles. The second-order valence-electron chi connectivity index (χ2n) is 4.84. The summed E-state index contributed by atoms with van der Waals surface area (Å²) in [6.45, 7) is 3.85. The Balaban J connectivity index is 2.60. The Hall–Kier alpha value is -2.08. The van der Waals surface area contributed by atoms with Crippen LogP contribution in [0.4, 0.5) is 0 Å². The number of nitriles is 1. The minimum Gasteiger partial charge on any atom is -0.325 e. The minimum atomic E-state index is -0.401. The molecule has 0 bridgehead atoms. The van der Waals surface area contributed by atoms with Gasteiger partial charge in [0.25, 0.3) is 0 Å². The number of nitrogens with zero attached hydrogens (tertiary/aromatic N) is 1. The van der Waals surface area contributed by atoms with E-state index in [1.807, 2.05) is 44.2 Å². The number of nitrogens with one attached hydrogen (secondary N) is 1. The monoisotopic (exact) mass is 226 g/mol. The van der Waals surface area contributed by atoms with Crippen molar-refractivity contribution in [3.8, 4) is 6.07 Å². The lowest BCUT2D eigenvalue weighted by Gasteiger charge is -2.31. The summed E-state index contributed by atoms with van der Waals surface area (Å²) >= 11 is 0. The number of amides is 1. The zero-order valence-electron chi connectivity index (χ0n) is 9.95. The maximum Gasteiger partial charge on any atom is 0.225 e. The molecule has 0 aliphatic carbocycles. The predicted molar refractivity (Wildman–Crippen MR) is 65.5 cm³/mol. The summed E-state index contributed by atoms with van der Waals surface area (Å²) < 4.78 is 0. The van der Waals surface area contributed by atoms with Gasteiger partial charge < -0.3 is 5.32 Å². The molecule has 0 unspecified atom stereocenters. The average Bonchev–Trinajstić information content (AvgIpc) is 2.28. The highest BCUT2D eigenvalue weighted by molar-refractivity contribution is 5.92. The molecule has 0 atom stereocenters. The van der Waals surface area contributed by atoms with Crippen molar-refractivity contribution >= 4 is 11.6 Å². The van der Waals surface area contributed by atoms with Crippen molar-refractivity contribution in [2.24, 2.45) is 5.41 Å². The number of benzene rings is 1. The Morgan fingerprint density at radius 3 is 2.53 bits per heavy atom. The van der Waals surface area contributed by atoms with Gasteiger partial charge in [-0.2, -0.15) is 5.26 Å². The average molecular weight is 226 g/mol. The normalized spacial score (nSPS) is 18.5.